The topological polar surface area (TPSA) is 38.3 Å². The molecule has 0 saturated carbocycles. The van der Waals surface area contributed by atoms with Gasteiger partial charge in [-0.15, -0.1) is 0 Å². The fourth-order valence-corrected chi connectivity index (χ4v) is 2.00. The van der Waals surface area contributed by atoms with Crippen molar-refractivity contribution in [3.05, 3.63) is 65.2 Å². The predicted octanol–water partition coefficient (Wildman–Crippen LogP) is 3.65. The summed E-state index contributed by atoms with van der Waals surface area (Å²) in [6.45, 7) is 2.63. The van der Waals surface area contributed by atoms with Crippen molar-refractivity contribution in [2.75, 3.05) is 12.4 Å². The largest absolute Gasteiger partial charge is 0.380 e. The smallest absolute Gasteiger partial charge is 0.255 e. The number of aryl methyl sites for hydroxylation is 1. The summed E-state index contributed by atoms with van der Waals surface area (Å²) < 4.78 is 5.09. The molecule has 0 heterocycles. The first-order valence-corrected chi connectivity index (χ1v) is 6.71. The van der Waals surface area contributed by atoms with E-state index in [1.165, 1.54) is 5.56 Å². The first kappa shape index (κ1) is 14.3. The van der Waals surface area contributed by atoms with Crippen LogP contribution in [0, 0.1) is 0 Å². The molecular formula is C17H19NO2. The van der Waals surface area contributed by atoms with Gasteiger partial charge in [0.25, 0.3) is 5.91 Å². The molecule has 0 radical (unpaired) electrons. The van der Waals surface area contributed by atoms with E-state index in [0.717, 1.165) is 17.7 Å². The van der Waals surface area contributed by atoms with E-state index < -0.39 is 0 Å². The van der Waals surface area contributed by atoms with Crippen LogP contribution in [0.3, 0.4) is 0 Å². The highest BCUT2D eigenvalue weighted by Gasteiger charge is 2.06. The maximum Gasteiger partial charge on any atom is 0.255 e. The van der Waals surface area contributed by atoms with Crippen molar-refractivity contribution in [1.29, 1.82) is 0 Å². The van der Waals surface area contributed by atoms with E-state index >= 15 is 0 Å². The SMILES string of the molecule is CCc1ccc(C(=O)Nc2cccc(COC)c2)cc1. The highest BCUT2D eigenvalue weighted by molar-refractivity contribution is 6.04. The molecule has 0 aliphatic carbocycles. The Morgan fingerprint density at radius 2 is 1.85 bits per heavy atom. The average Bonchev–Trinajstić information content (AvgIpc) is 2.48. The summed E-state index contributed by atoms with van der Waals surface area (Å²) in [4.78, 5) is 12.1. The monoisotopic (exact) mass is 269 g/mol. The summed E-state index contributed by atoms with van der Waals surface area (Å²) >= 11 is 0. The molecule has 2 aromatic carbocycles. The Bertz CT molecular complexity index is 576. The predicted molar refractivity (Wildman–Crippen MR) is 80.9 cm³/mol. The molecule has 104 valence electrons. The summed E-state index contributed by atoms with van der Waals surface area (Å²) in [5.41, 5.74) is 3.71. The summed E-state index contributed by atoms with van der Waals surface area (Å²) in [6, 6.07) is 15.3. The number of carbonyl (C=O) groups excluding carboxylic acids is 1. The first-order valence-electron chi connectivity index (χ1n) is 6.71. The third-order valence-electron chi connectivity index (χ3n) is 3.12. The van der Waals surface area contributed by atoms with Crippen LogP contribution in [0.2, 0.25) is 0 Å². The maximum atomic E-state index is 12.1. The minimum atomic E-state index is -0.0952. The Balaban J connectivity index is 2.08. The number of methoxy groups -OCH3 is 1. The van der Waals surface area contributed by atoms with Gasteiger partial charge in [-0.2, -0.15) is 0 Å². The van der Waals surface area contributed by atoms with Gasteiger partial charge in [0.05, 0.1) is 6.61 Å². The van der Waals surface area contributed by atoms with E-state index in [1.54, 1.807) is 7.11 Å². The molecule has 0 spiro atoms. The zero-order valence-corrected chi connectivity index (χ0v) is 11.8. The van der Waals surface area contributed by atoms with Gasteiger partial charge in [0.15, 0.2) is 0 Å². The van der Waals surface area contributed by atoms with Gasteiger partial charge in [-0.3, -0.25) is 4.79 Å². The Morgan fingerprint density at radius 1 is 1.10 bits per heavy atom. The van der Waals surface area contributed by atoms with Crippen molar-refractivity contribution < 1.29 is 9.53 Å². The van der Waals surface area contributed by atoms with Crippen molar-refractivity contribution in [3.63, 3.8) is 0 Å². The van der Waals surface area contributed by atoms with E-state index in [1.807, 2.05) is 48.5 Å². The molecule has 2 rings (SSSR count). The molecule has 0 atom stereocenters. The van der Waals surface area contributed by atoms with E-state index in [2.05, 4.69) is 12.2 Å². The number of ether oxygens (including phenoxy) is 1. The summed E-state index contributed by atoms with van der Waals surface area (Å²) in [6.07, 6.45) is 0.973. The van der Waals surface area contributed by atoms with Crippen molar-refractivity contribution >= 4 is 11.6 Å². The molecule has 1 N–H and O–H groups in total. The fourth-order valence-electron chi connectivity index (χ4n) is 2.00. The highest BCUT2D eigenvalue weighted by atomic mass is 16.5. The third kappa shape index (κ3) is 3.68. The molecule has 3 nitrogen and oxygen atoms in total. The lowest BCUT2D eigenvalue weighted by Gasteiger charge is -2.07. The normalized spacial score (nSPS) is 10.3. The number of hydrogen-bond donors (Lipinski definition) is 1. The lowest BCUT2D eigenvalue weighted by atomic mass is 10.1. The second-order valence-electron chi connectivity index (χ2n) is 4.64. The van der Waals surface area contributed by atoms with Crippen LogP contribution < -0.4 is 5.32 Å². The number of rotatable bonds is 5. The van der Waals surface area contributed by atoms with Gasteiger partial charge in [0, 0.05) is 18.4 Å². The minimum absolute atomic E-state index is 0.0952. The van der Waals surface area contributed by atoms with E-state index in [-0.39, 0.29) is 5.91 Å². The molecule has 0 saturated heterocycles. The van der Waals surface area contributed by atoms with E-state index in [0.29, 0.717) is 12.2 Å². The molecule has 0 aliphatic rings. The van der Waals surface area contributed by atoms with Crippen LogP contribution in [0.25, 0.3) is 0 Å². The second-order valence-corrected chi connectivity index (χ2v) is 4.64. The lowest BCUT2D eigenvalue weighted by molar-refractivity contribution is 0.102. The lowest BCUT2D eigenvalue weighted by Crippen LogP contribution is -2.12. The maximum absolute atomic E-state index is 12.1. The minimum Gasteiger partial charge on any atom is -0.380 e. The Hall–Kier alpha value is -2.13. The van der Waals surface area contributed by atoms with Gasteiger partial charge < -0.3 is 10.1 Å². The van der Waals surface area contributed by atoms with E-state index in [4.69, 9.17) is 4.74 Å². The van der Waals surface area contributed by atoms with Gasteiger partial charge in [0.1, 0.15) is 0 Å². The quantitative estimate of drug-likeness (QED) is 0.899. The number of hydrogen-bond acceptors (Lipinski definition) is 2. The van der Waals surface area contributed by atoms with Gasteiger partial charge in [-0.25, -0.2) is 0 Å². The molecule has 0 bridgehead atoms. The number of anilines is 1. The molecule has 2 aromatic rings. The van der Waals surface area contributed by atoms with Crippen LogP contribution in [-0.2, 0) is 17.8 Å². The van der Waals surface area contributed by atoms with Crippen molar-refractivity contribution in [2.45, 2.75) is 20.0 Å². The van der Waals surface area contributed by atoms with Gasteiger partial charge in [-0.1, -0.05) is 31.2 Å². The molecule has 20 heavy (non-hydrogen) atoms. The first-order chi connectivity index (χ1) is 9.72. The number of amides is 1. The fraction of sp³-hybridized carbons (Fsp3) is 0.235. The van der Waals surface area contributed by atoms with Crippen LogP contribution in [0.1, 0.15) is 28.4 Å². The molecule has 0 aromatic heterocycles. The van der Waals surface area contributed by atoms with Crippen LogP contribution >= 0.6 is 0 Å². The van der Waals surface area contributed by atoms with Crippen molar-refractivity contribution in [2.24, 2.45) is 0 Å². The Kier molecular flexibility index (Phi) is 4.91. The van der Waals surface area contributed by atoms with Crippen LogP contribution in [0.5, 0.6) is 0 Å². The molecule has 3 heteroatoms. The Morgan fingerprint density at radius 3 is 2.50 bits per heavy atom. The Labute approximate surface area is 119 Å². The number of carbonyl (C=O) groups is 1. The second kappa shape index (κ2) is 6.87. The van der Waals surface area contributed by atoms with Crippen LogP contribution in [-0.4, -0.2) is 13.0 Å². The van der Waals surface area contributed by atoms with Gasteiger partial charge >= 0.3 is 0 Å². The summed E-state index contributed by atoms with van der Waals surface area (Å²) in [5.74, 6) is -0.0952. The molecule has 0 fully saturated rings. The van der Waals surface area contributed by atoms with Crippen LogP contribution in [0.15, 0.2) is 48.5 Å². The van der Waals surface area contributed by atoms with E-state index in [9.17, 15) is 4.79 Å². The molecule has 1 amide bonds. The van der Waals surface area contributed by atoms with Crippen molar-refractivity contribution in [3.8, 4) is 0 Å². The number of nitrogens with one attached hydrogen (secondary N) is 1. The number of benzene rings is 2. The third-order valence-corrected chi connectivity index (χ3v) is 3.12. The zero-order valence-electron chi connectivity index (χ0n) is 11.8. The van der Waals surface area contributed by atoms with Gasteiger partial charge in [-0.05, 0) is 41.8 Å². The molecule has 0 unspecified atom stereocenters. The highest BCUT2D eigenvalue weighted by Crippen LogP contribution is 2.13. The zero-order chi connectivity index (χ0) is 14.4. The van der Waals surface area contributed by atoms with Crippen LogP contribution in [0.4, 0.5) is 5.69 Å². The average molecular weight is 269 g/mol. The van der Waals surface area contributed by atoms with Gasteiger partial charge in [0.2, 0.25) is 0 Å². The summed E-state index contributed by atoms with van der Waals surface area (Å²) in [7, 11) is 1.65. The standard InChI is InChI=1S/C17H19NO2/c1-3-13-7-9-15(10-8-13)17(19)18-16-6-4-5-14(11-16)12-20-2/h4-11H,3,12H2,1-2H3,(H,18,19). The molecule has 0 aliphatic heterocycles. The van der Waals surface area contributed by atoms with Crippen molar-refractivity contribution in [1.82, 2.24) is 0 Å². The summed E-state index contributed by atoms with van der Waals surface area (Å²) in [5, 5.41) is 2.90. The molecular weight excluding hydrogens is 250 g/mol.